The van der Waals surface area contributed by atoms with E-state index in [4.69, 9.17) is 5.11 Å². The molecule has 0 bridgehead atoms. The molecule has 0 spiro atoms. The van der Waals surface area contributed by atoms with Gasteiger partial charge < -0.3 is 10.4 Å². The third-order valence-electron chi connectivity index (χ3n) is 4.07. The van der Waals surface area contributed by atoms with Crippen LogP contribution in [0.2, 0.25) is 0 Å². The minimum Gasteiger partial charge on any atom is -0.465 e. The second-order valence-corrected chi connectivity index (χ2v) is 5.63. The van der Waals surface area contributed by atoms with Crippen LogP contribution in [0.4, 0.5) is 4.79 Å². The molecule has 5 heteroatoms. The van der Waals surface area contributed by atoms with Crippen LogP contribution < -0.4 is 5.32 Å². The minimum absolute atomic E-state index is 0.106. The summed E-state index contributed by atoms with van der Waals surface area (Å²) < 4.78 is 0. The van der Waals surface area contributed by atoms with Crippen molar-refractivity contribution in [1.29, 1.82) is 0 Å². The molecule has 22 heavy (non-hydrogen) atoms. The quantitative estimate of drug-likeness (QED) is 0.909. The molecule has 0 radical (unpaired) electrons. The first-order valence-electron chi connectivity index (χ1n) is 7.38. The number of pyridine rings is 1. The first kappa shape index (κ1) is 14.5. The van der Waals surface area contributed by atoms with E-state index >= 15 is 0 Å². The van der Waals surface area contributed by atoms with E-state index in [2.05, 4.69) is 27.3 Å². The van der Waals surface area contributed by atoms with Crippen LogP contribution in [0.5, 0.6) is 0 Å². The Kier molecular flexibility index (Phi) is 4.34. The van der Waals surface area contributed by atoms with Gasteiger partial charge in [0.05, 0.1) is 6.04 Å². The number of hydrogen-bond acceptors (Lipinski definition) is 3. The lowest BCUT2D eigenvalue weighted by atomic mass is 9.96. The second-order valence-electron chi connectivity index (χ2n) is 5.63. The number of aromatic nitrogens is 1. The number of rotatable bonds is 4. The molecule has 1 fully saturated rings. The third kappa shape index (κ3) is 3.43. The van der Waals surface area contributed by atoms with Crippen LogP contribution in [0, 0.1) is 0 Å². The number of nitrogens with one attached hydrogen (secondary N) is 1. The predicted octanol–water partition coefficient (Wildman–Crippen LogP) is 2.32. The second kappa shape index (κ2) is 6.58. The Morgan fingerprint density at radius 1 is 1.23 bits per heavy atom. The van der Waals surface area contributed by atoms with Crippen molar-refractivity contribution in [2.45, 2.75) is 18.5 Å². The molecule has 2 unspecified atom stereocenters. The van der Waals surface area contributed by atoms with Crippen LogP contribution >= 0.6 is 0 Å². The maximum absolute atomic E-state index is 11.1. The van der Waals surface area contributed by atoms with Crippen molar-refractivity contribution in [3.05, 3.63) is 66.0 Å². The van der Waals surface area contributed by atoms with Gasteiger partial charge in [0.15, 0.2) is 0 Å². The Balaban J connectivity index is 1.75. The molecule has 3 rings (SSSR count). The van der Waals surface area contributed by atoms with Crippen LogP contribution in [0.3, 0.4) is 0 Å². The Morgan fingerprint density at radius 2 is 2.05 bits per heavy atom. The van der Waals surface area contributed by atoms with Crippen LogP contribution in [0.1, 0.15) is 17.0 Å². The lowest BCUT2D eigenvalue weighted by Crippen LogP contribution is -2.38. The van der Waals surface area contributed by atoms with Gasteiger partial charge in [-0.1, -0.05) is 36.4 Å². The van der Waals surface area contributed by atoms with Gasteiger partial charge in [0, 0.05) is 37.9 Å². The zero-order valence-corrected chi connectivity index (χ0v) is 12.2. The molecule has 1 aromatic heterocycles. The molecule has 2 N–H and O–H groups in total. The fourth-order valence-electron chi connectivity index (χ4n) is 3.09. The van der Waals surface area contributed by atoms with Gasteiger partial charge in [-0.25, -0.2) is 4.79 Å². The van der Waals surface area contributed by atoms with E-state index in [9.17, 15) is 4.79 Å². The maximum atomic E-state index is 11.1. The average molecular weight is 297 g/mol. The summed E-state index contributed by atoms with van der Waals surface area (Å²) >= 11 is 0. The largest absolute Gasteiger partial charge is 0.465 e. The molecule has 1 aliphatic heterocycles. The molecule has 0 aliphatic carbocycles. The van der Waals surface area contributed by atoms with Gasteiger partial charge in [-0.05, 0) is 17.2 Å². The number of nitrogens with zero attached hydrogens (tertiary/aromatic N) is 2. The van der Waals surface area contributed by atoms with Gasteiger partial charge in [0.1, 0.15) is 0 Å². The van der Waals surface area contributed by atoms with Crippen LogP contribution in [0.15, 0.2) is 54.9 Å². The smallest absolute Gasteiger partial charge is 0.404 e. The molecule has 1 saturated heterocycles. The van der Waals surface area contributed by atoms with Crippen molar-refractivity contribution in [3.63, 3.8) is 0 Å². The summed E-state index contributed by atoms with van der Waals surface area (Å²) in [6, 6.07) is 14.0. The van der Waals surface area contributed by atoms with Crippen molar-refractivity contribution < 1.29 is 9.90 Å². The van der Waals surface area contributed by atoms with Gasteiger partial charge in [0.25, 0.3) is 0 Å². The maximum Gasteiger partial charge on any atom is 0.404 e. The molecule has 114 valence electrons. The molecule has 1 aromatic carbocycles. The van der Waals surface area contributed by atoms with E-state index in [1.165, 1.54) is 5.56 Å². The zero-order chi connectivity index (χ0) is 15.4. The third-order valence-corrected chi connectivity index (χ3v) is 4.07. The molecular formula is C17H19N3O2. The molecular weight excluding hydrogens is 278 g/mol. The van der Waals surface area contributed by atoms with Crippen molar-refractivity contribution >= 4 is 6.09 Å². The Hall–Kier alpha value is -2.40. The highest BCUT2D eigenvalue weighted by Crippen LogP contribution is 2.28. The summed E-state index contributed by atoms with van der Waals surface area (Å²) in [4.78, 5) is 17.5. The Morgan fingerprint density at radius 3 is 2.73 bits per heavy atom. The minimum atomic E-state index is -0.972. The summed E-state index contributed by atoms with van der Waals surface area (Å²) in [5.41, 5.74) is 2.32. The van der Waals surface area contributed by atoms with E-state index in [1.807, 2.05) is 36.5 Å². The fourth-order valence-corrected chi connectivity index (χ4v) is 3.09. The van der Waals surface area contributed by atoms with E-state index in [0.29, 0.717) is 6.54 Å². The van der Waals surface area contributed by atoms with Gasteiger partial charge in [-0.15, -0.1) is 0 Å². The Bertz CT molecular complexity index is 618. The highest BCUT2D eigenvalue weighted by Gasteiger charge is 2.34. The number of carbonyl (C=O) groups is 1. The molecule has 2 aromatic rings. The van der Waals surface area contributed by atoms with Crippen molar-refractivity contribution in [2.24, 2.45) is 0 Å². The summed E-state index contributed by atoms with van der Waals surface area (Å²) in [6.45, 7) is 2.36. The molecule has 2 atom stereocenters. The van der Waals surface area contributed by atoms with Gasteiger partial charge in [0.2, 0.25) is 0 Å². The SMILES string of the molecule is O=C(O)NC1CN(Cc2ccccc2)CC1c1cccnc1. The van der Waals surface area contributed by atoms with Crippen LogP contribution in [-0.2, 0) is 6.54 Å². The van der Waals surface area contributed by atoms with Crippen molar-refractivity contribution in [1.82, 2.24) is 15.2 Å². The molecule has 0 saturated carbocycles. The standard InChI is InChI=1S/C17H19N3O2/c21-17(22)19-16-12-20(10-13-5-2-1-3-6-13)11-15(16)14-7-4-8-18-9-14/h1-9,15-16,19H,10-12H2,(H,21,22). The summed E-state index contributed by atoms with van der Waals surface area (Å²) in [6.07, 6.45) is 2.59. The number of carboxylic acid groups (broad SMARTS) is 1. The monoisotopic (exact) mass is 297 g/mol. The van der Waals surface area contributed by atoms with E-state index in [-0.39, 0.29) is 12.0 Å². The molecule has 1 aliphatic rings. The first-order chi connectivity index (χ1) is 10.7. The number of amides is 1. The van der Waals surface area contributed by atoms with Crippen LogP contribution in [0.25, 0.3) is 0 Å². The normalized spacial score (nSPS) is 21.6. The molecule has 2 heterocycles. The van der Waals surface area contributed by atoms with E-state index in [0.717, 1.165) is 18.7 Å². The Labute approximate surface area is 129 Å². The fraction of sp³-hybridized carbons (Fsp3) is 0.294. The molecule has 1 amide bonds. The van der Waals surface area contributed by atoms with E-state index < -0.39 is 6.09 Å². The number of benzene rings is 1. The summed E-state index contributed by atoms with van der Waals surface area (Å²) in [7, 11) is 0. The van der Waals surface area contributed by atoms with Gasteiger partial charge in [-0.3, -0.25) is 9.88 Å². The highest BCUT2D eigenvalue weighted by atomic mass is 16.4. The predicted molar refractivity (Wildman–Crippen MR) is 83.6 cm³/mol. The van der Waals surface area contributed by atoms with Gasteiger partial charge in [-0.2, -0.15) is 0 Å². The van der Waals surface area contributed by atoms with Gasteiger partial charge >= 0.3 is 6.09 Å². The van der Waals surface area contributed by atoms with Crippen molar-refractivity contribution in [3.8, 4) is 0 Å². The topological polar surface area (TPSA) is 65.5 Å². The lowest BCUT2D eigenvalue weighted by Gasteiger charge is -2.17. The summed E-state index contributed by atoms with van der Waals surface area (Å²) in [5.74, 6) is 0.133. The number of likely N-dealkylation sites (tertiary alicyclic amines) is 1. The lowest BCUT2D eigenvalue weighted by molar-refractivity contribution is 0.188. The zero-order valence-electron chi connectivity index (χ0n) is 12.2. The first-order valence-corrected chi connectivity index (χ1v) is 7.38. The number of hydrogen-bond donors (Lipinski definition) is 2. The summed E-state index contributed by atoms with van der Waals surface area (Å²) in [5, 5.41) is 11.7. The molecule has 5 nitrogen and oxygen atoms in total. The van der Waals surface area contributed by atoms with Crippen LogP contribution in [-0.4, -0.2) is 40.2 Å². The van der Waals surface area contributed by atoms with Crippen molar-refractivity contribution in [2.75, 3.05) is 13.1 Å². The van der Waals surface area contributed by atoms with E-state index in [1.54, 1.807) is 6.20 Å². The highest BCUT2D eigenvalue weighted by molar-refractivity contribution is 5.65. The average Bonchev–Trinajstić information content (AvgIpc) is 2.91.